The second-order valence-electron chi connectivity index (χ2n) is 5.00. The Balaban J connectivity index is 2.69. The van der Waals surface area contributed by atoms with Gasteiger partial charge in [-0.25, -0.2) is 4.79 Å². The molecular formula is C14H26N2O3. The highest BCUT2D eigenvalue weighted by molar-refractivity contribution is 5.77. The number of carbonyl (C=O) groups excluding carboxylic acids is 2. The summed E-state index contributed by atoms with van der Waals surface area (Å²) in [5, 5.41) is 3.01. The smallest absolute Gasteiger partial charge is 0.317 e. The number of nitrogens with zero attached hydrogens (tertiary/aromatic N) is 1. The van der Waals surface area contributed by atoms with Crippen molar-refractivity contribution in [2.45, 2.75) is 52.0 Å². The number of nitrogens with one attached hydrogen (secondary N) is 1. The van der Waals surface area contributed by atoms with E-state index >= 15 is 0 Å². The van der Waals surface area contributed by atoms with Gasteiger partial charge in [0.1, 0.15) is 0 Å². The predicted octanol–water partition coefficient (Wildman–Crippen LogP) is 2.16. The number of methoxy groups -OCH3 is 1. The van der Waals surface area contributed by atoms with Gasteiger partial charge in [-0.2, -0.15) is 0 Å². The summed E-state index contributed by atoms with van der Waals surface area (Å²) in [5.41, 5.74) is 0. The number of rotatable bonds is 4. The first kappa shape index (κ1) is 15.8. The van der Waals surface area contributed by atoms with Crippen molar-refractivity contribution >= 4 is 12.0 Å². The zero-order valence-corrected chi connectivity index (χ0v) is 12.3. The van der Waals surface area contributed by atoms with E-state index in [1.807, 2.05) is 13.8 Å². The zero-order valence-electron chi connectivity index (χ0n) is 12.3. The molecule has 1 saturated carbocycles. The summed E-state index contributed by atoms with van der Waals surface area (Å²) in [6.07, 6.45) is 4.85. The molecule has 0 saturated heterocycles. The Morgan fingerprint density at radius 3 is 2.37 bits per heavy atom. The van der Waals surface area contributed by atoms with Crippen molar-refractivity contribution < 1.29 is 14.3 Å². The lowest BCUT2D eigenvalue weighted by atomic mass is 9.95. The van der Waals surface area contributed by atoms with E-state index in [0.29, 0.717) is 13.1 Å². The van der Waals surface area contributed by atoms with Crippen LogP contribution in [0.5, 0.6) is 0 Å². The first-order valence-electron chi connectivity index (χ1n) is 7.27. The van der Waals surface area contributed by atoms with E-state index in [1.54, 1.807) is 4.90 Å². The van der Waals surface area contributed by atoms with Gasteiger partial charge in [-0.15, -0.1) is 0 Å². The fourth-order valence-corrected chi connectivity index (χ4v) is 2.67. The van der Waals surface area contributed by atoms with Gasteiger partial charge >= 0.3 is 12.0 Å². The maximum absolute atomic E-state index is 12.1. The van der Waals surface area contributed by atoms with Gasteiger partial charge in [0.2, 0.25) is 0 Å². The van der Waals surface area contributed by atoms with Crippen LogP contribution >= 0.6 is 0 Å². The molecule has 0 bridgehead atoms. The van der Waals surface area contributed by atoms with Crippen molar-refractivity contribution in [2.75, 3.05) is 20.2 Å². The van der Waals surface area contributed by atoms with Crippen molar-refractivity contribution in [3.63, 3.8) is 0 Å². The number of urea groups is 1. The van der Waals surface area contributed by atoms with E-state index in [9.17, 15) is 9.59 Å². The third-order valence-electron chi connectivity index (χ3n) is 3.88. The lowest BCUT2D eigenvalue weighted by molar-refractivity contribution is -0.146. The Kier molecular flexibility index (Phi) is 6.67. The Hall–Kier alpha value is -1.26. The topological polar surface area (TPSA) is 58.6 Å². The molecule has 1 N–H and O–H groups in total. The zero-order chi connectivity index (χ0) is 14.3. The lowest BCUT2D eigenvalue weighted by Crippen LogP contribution is -2.49. The molecule has 0 spiro atoms. The molecule has 2 amide bonds. The Morgan fingerprint density at radius 2 is 1.79 bits per heavy atom. The van der Waals surface area contributed by atoms with Crippen molar-refractivity contribution in [3.05, 3.63) is 0 Å². The van der Waals surface area contributed by atoms with Crippen LogP contribution in [0.3, 0.4) is 0 Å². The first-order valence-corrected chi connectivity index (χ1v) is 7.27. The monoisotopic (exact) mass is 270 g/mol. The molecule has 0 aliphatic heterocycles. The molecule has 0 radical (unpaired) electrons. The lowest BCUT2D eigenvalue weighted by Gasteiger charge is -2.27. The summed E-state index contributed by atoms with van der Waals surface area (Å²) in [6, 6.07) is -0.172. The van der Waals surface area contributed by atoms with Crippen molar-refractivity contribution in [2.24, 2.45) is 5.92 Å². The predicted molar refractivity (Wildman–Crippen MR) is 73.8 cm³/mol. The van der Waals surface area contributed by atoms with Gasteiger partial charge in [-0.05, 0) is 26.7 Å². The summed E-state index contributed by atoms with van der Waals surface area (Å²) < 4.78 is 4.87. The molecule has 110 valence electrons. The van der Waals surface area contributed by atoms with E-state index in [1.165, 1.54) is 7.11 Å². The summed E-state index contributed by atoms with van der Waals surface area (Å²) in [6.45, 7) is 5.26. The maximum Gasteiger partial charge on any atom is 0.317 e. The number of hydrogen-bond acceptors (Lipinski definition) is 3. The van der Waals surface area contributed by atoms with Gasteiger partial charge in [0.15, 0.2) is 0 Å². The van der Waals surface area contributed by atoms with E-state index in [4.69, 9.17) is 4.74 Å². The average molecular weight is 270 g/mol. The van der Waals surface area contributed by atoms with Crippen LogP contribution in [0.25, 0.3) is 0 Å². The summed E-state index contributed by atoms with van der Waals surface area (Å²) in [7, 11) is 1.41. The van der Waals surface area contributed by atoms with Gasteiger partial charge in [0, 0.05) is 19.1 Å². The van der Waals surface area contributed by atoms with Crippen LogP contribution < -0.4 is 5.32 Å². The van der Waals surface area contributed by atoms with Gasteiger partial charge < -0.3 is 15.0 Å². The van der Waals surface area contributed by atoms with E-state index < -0.39 is 0 Å². The Morgan fingerprint density at radius 1 is 1.16 bits per heavy atom. The molecule has 19 heavy (non-hydrogen) atoms. The van der Waals surface area contributed by atoms with Crippen LogP contribution in [0.2, 0.25) is 0 Å². The minimum atomic E-state index is -0.202. The van der Waals surface area contributed by atoms with Crippen molar-refractivity contribution in [3.8, 4) is 0 Å². The van der Waals surface area contributed by atoms with Crippen molar-refractivity contribution in [1.29, 1.82) is 0 Å². The quantitative estimate of drug-likeness (QED) is 0.629. The molecule has 0 aromatic rings. The van der Waals surface area contributed by atoms with Crippen LogP contribution in [0, 0.1) is 5.92 Å². The summed E-state index contributed by atoms with van der Waals surface area (Å²) in [5.74, 6) is -0.404. The van der Waals surface area contributed by atoms with Gasteiger partial charge in [-0.3, -0.25) is 4.79 Å². The molecule has 1 aliphatic carbocycles. The molecule has 0 unspecified atom stereocenters. The molecule has 0 heterocycles. The number of ether oxygens (including phenoxy) is 1. The molecular weight excluding hydrogens is 244 g/mol. The summed E-state index contributed by atoms with van der Waals surface area (Å²) in [4.78, 5) is 25.7. The van der Waals surface area contributed by atoms with Crippen LogP contribution in [0.1, 0.15) is 46.0 Å². The fraction of sp³-hybridized carbons (Fsp3) is 0.857. The third kappa shape index (κ3) is 4.40. The molecule has 0 aromatic carbocycles. The number of hydrogen-bond donors (Lipinski definition) is 1. The molecule has 1 fully saturated rings. The fourth-order valence-electron chi connectivity index (χ4n) is 2.67. The number of carbonyl (C=O) groups is 2. The van der Waals surface area contributed by atoms with Gasteiger partial charge in [0.25, 0.3) is 0 Å². The van der Waals surface area contributed by atoms with Crippen LogP contribution in [-0.2, 0) is 9.53 Å². The molecule has 1 aliphatic rings. The normalized spacial score (nSPS) is 23.3. The Labute approximate surface area is 115 Å². The van der Waals surface area contributed by atoms with E-state index in [0.717, 1.165) is 32.1 Å². The summed E-state index contributed by atoms with van der Waals surface area (Å²) >= 11 is 0. The number of amides is 2. The van der Waals surface area contributed by atoms with Gasteiger partial charge in [0.05, 0.1) is 13.0 Å². The highest BCUT2D eigenvalue weighted by atomic mass is 16.5. The van der Waals surface area contributed by atoms with E-state index in [-0.39, 0.29) is 24.0 Å². The van der Waals surface area contributed by atoms with Crippen molar-refractivity contribution in [1.82, 2.24) is 10.2 Å². The SMILES string of the molecule is CCN(CC)C(=O)N[C@H]1CCCCC[C@H]1C(=O)OC. The van der Waals surface area contributed by atoms with E-state index in [2.05, 4.69) is 5.32 Å². The second kappa shape index (κ2) is 8.02. The third-order valence-corrected chi connectivity index (χ3v) is 3.88. The first-order chi connectivity index (χ1) is 9.13. The average Bonchev–Trinajstić information content (AvgIpc) is 2.64. The largest absolute Gasteiger partial charge is 0.469 e. The molecule has 5 nitrogen and oxygen atoms in total. The second-order valence-corrected chi connectivity index (χ2v) is 5.00. The van der Waals surface area contributed by atoms with Crippen LogP contribution in [0.4, 0.5) is 4.79 Å². The highest BCUT2D eigenvalue weighted by Crippen LogP contribution is 2.24. The molecule has 5 heteroatoms. The highest BCUT2D eigenvalue weighted by Gasteiger charge is 2.32. The molecule has 0 aromatic heterocycles. The number of esters is 1. The molecule has 1 rings (SSSR count). The minimum absolute atomic E-state index is 0.0780. The van der Waals surface area contributed by atoms with Crippen LogP contribution in [0.15, 0.2) is 0 Å². The molecule has 2 atom stereocenters. The minimum Gasteiger partial charge on any atom is -0.469 e. The van der Waals surface area contributed by atoms with Gasteiger partial charge in [-0.1, -0.05) is 19.3 Å². The maximum atomic E-state index is 12.1. The Bertz CT molecular complexity index is 303. The van der Waals surface area contributed by atoms with Crippen LogP contribution in [-0.4, -0.2) is 43.1 Å². The standard InChI is InChI=1S/C14H26N2O3/c1-4-16(5-2)14(18)15-12-10-8-6-7-9-11(12)13(17)19-3/h11-12H,4-10H2,1-3H3,(H,15,18)/t11-,12+/m1/s1.